The molecule has 3 rings (SSSR count). The second-order valence-electron chi connectivity index (χ2n) is 6.26. The molecule has 2 fully saturated rings. The summed E-state index contributed by atoms with van der Waals surface area (Å²) in [4.78, 5) is 11.9. The van der Waals surface area contributed by atoms with Crippen LogP contribution in [-0.4, -0.2) is 41.8 Å². The Morgan fingerprint density at radius 3 is 3.00 bits per heavy atom. The Hall–Kier alpha value is -1.36. The summed E-state index contributed by atoms with van der Waals surface area (Å²) in [5.41, 5.74) is 0. The fraction of sp³-hybridized carbons (Fsp3) is 0.750. The number of nitrogens with one attached hydrogen (secondary N) is 1. The Morgan fingerprint density at radius 1 is 1.38 bits per heavy atom. The van der Waals surface area contributed by atoms with E-state index < -0.39 is 0 Å². The van der Waals surface area contributed by atoms with E-state index in [0.29, 0.717) is 18.1 Å². The fourth-order valence-corrected chi connectivity index (χ4v) is 3.34. The molecule has 0 aromatic carbocycles. The van der Waals surface area contributed by atoms with Crippen LogP contribution < -0.4 is 10.2 Å². The van der Waals surface area contributed by atoms with Crippen molar-refractivity contribution in [2.45, 2.75) is 58.1 Å². The fourth-order valence-electron chi connectivity index (χ4n) is 3.34. The molecule has 1 aliphatic heterocycles. The van der Waals surface area contributed by atoms with Crippen molar-refractivity contribution in [3.8, 4) is 0 Å². The lowest BCUT2D eigenvalue weighted by Gasteiger charge is -2.38. The van der Waals surface area contributed by atoms with Gasteiger partial charge >= 0.3 is 0 Å². The Morgan fingerprint density at radius 2 is 2.24 bits per heavy atom. The molecule has 21 heavy (non-hydrogen) atoms. The first kappa shape index (κ1) is 14.6. The minimum Gasteiger partial charge on any atom is -0.374 e. The lowest BCUT2D eigenvalue weighted by atomic mass is 10.1. The molecule has 1 aromatic heterocycles. The Bertz CT molecular complexity index is 491. The van der Waals surface area contributed by atoms with Crippen molar-refractivity contribution in [3.63, 3.8) is 0 Å². The standard InChI is InChI=1S/C16H26N4O/c1-4-17-14-10-15(19-16(18-14)11(2)3)20-8-9-21-13-7-5-6-12(13)20/h10-13H,4-9H2,1-3H3,(H,17,18,19). The molecule has 2 aliphatic rings. The summed E-state index contributed by atoms with van der Waals surface area (Å²) in [6, 6.07) is 2.58. The minimum absolute atomic E-state index is 0.336. The van der Waals surface area contributed by atoms with Crippen LogP contribution in [0, 0.1) is 0 Å². The maximum absolute atomic E-state index is 5.91. The second kappa shape index (κ2) is 6.18. The first-order chi connectivity index (χ1) is 10.2. The summed E-state index contributed by atoms with van der Waals surface area (Å²) in [5, 5.41) is 3.33. The summed E-state index contributed by atoms with van der Waals surface area (Å²) < 4.78 is 5.91. The smallest absolute Gasteiger partial charge is 0.135 e. The largest absolute Gasteiger partial charge is 0.374 e. The van der Waals surface area contributed by atoms with Crippen LogP contribution in [0.3, 0.4) is 0 Å². The third kappa shape index (κ3) is 2.98. The highest BCUT2D eigenvalue weighted by Gasteiger charge is 2.37. The molecule has 0 spiro atoms. The molecule has 0 radical (unpaired) electrons. The van der Waals surface area contributed by atoms with Crippen LogP contribution in [0.5, 0.6) is 0 Å². The number of rotatable bonds is 4. The van der Waals surface area contributed by atoms with Crippen LogP contribution in [0.4, 0.5) is 11.6 Å². The van der Waals surface area contributed by atoms with Crippen LogP contribution >= 0.6 is 0 Å². The van der Waals surface area contributed by atoms with Crippen molar-refractivity contribution in [1.82, 2.24) is 9.97 Å². The number of fused-ring (bicyclic) bond motifs is 1. The third-order valence-corrected chi connectivity index (χ3v) is 4.38. The van der Waals surface area contributed by atoms with Gasteiger partial charge in [0, 0.05) is 25.1 Å². The van der Waals surface area contributed by atoms with Crippen molar-refractivity contribution in [2.75, 3.05) is 29.9 Å². The Balaban J connectivity index is 1.92. The number of ether oxygens (including phenoxy) is 1. The molecule has 2 atom stereocenters. The van der Waals surface area contributed by atoms with E-state index in [1.165, 1.54) is 19.3 Å². The Kier molecular flexibility index (Phi) is 4.29. The Labute approximate surface area is 127 Å². The molecule has 1 aliphatic carbocycles. The average molecular weight is 290 g/mol. The van der Waals surface area contributed by atoms with E-state index in [2.05, 4.69) is 42.0 Å². The van der Waals surface area contributed by atoms with Gasteiger partial charge in [-0.25, -0.2) is 9.97 Å². The maximum Gasteiger partial charge on any atom is 0.135 e. The summed E-state index contributed by atoms with van der Waals surface area (Å²) in [6.45, 7) is 9.00. The average Bonchev–Trinajstić information content (AvgIpc) is 2.95. The highest BCUT2D eigenvalue weighted by molar-refractivity contribution is 5.51. The molecule has 0 amide bonds. The first-order valence-electron chi connectivity index (χ1n) is 8.20. The number of aromatic nitrogens is 2. The summed E-state index contributed by atoms with van der Waals surface area (Å²) in [7, 11) is 0. The van der Waals surface area contributed by atoms with Crippen molar-refractivity contribution >= 4 is 11.6 Å². The molecule has 1 N–H and O–H groups in total. The van der Waals surface area contributed by atoms with Gasteiger partial charge in [0.1, 0.15) is 17.5 Å². The second-order valence-corrected chi connectivity index (χ2v) is 6.26. The molecule has 1 saturated carbocycles. The summed E-state index contributed by atoms with van der Waals surface area (Å²) >= 11 is 0. The van der Waals surface area contributed by atoms with Gasteiger partial charge in [0.25, 0.3) is 0 Å². The zero-order chi connectivity index (χ0) is 14.8. The first-order valence-corrected chi connectivity index (χ1v) is 8.20. The molecular formula is C16H26N4O. The zero-order valence-electron chi connectivity index (χ0n) is 13.3. The predicted octanol–water partition coefficient (Wildman–Crippen LogP) is 2.79. The summed E-state index contributed by atoms with van der Waals surface area (Å²) in [6.07, 6.45) is 4.04. The van der Waals surface area contributed by atoms with E-state index in [4.69, 9.17) is 9.72 Å². The molecule has 1 aromatic rings. The van der Waals surface area contributed by atoms with Gasteiger partial charge < -0.3 is 15.0 Å². The van der Waals surface area contributed by atoms with Gasteiger partial charge in [-0.05, 0) is 26.2 Å². The van der Waals surface area contributed by atoms with E-state index in [1.807, 2.05) is 0 Å². The lowest BCUT2D eigenvalue weighted by Crippen LogP contribution is -2.49. The number of anilines is 2. The molecular weight excluding hydrogens is 264 g/mol. The number of nitrogens with zero attached hydrogens (tertiary/aromatic N) is 3. The van der Waals surface area contributed by atoms with Crippen LogP contribution in [0.2, 0.25) is 0 Å². The van der Waals surface area contributed by atoms with Crippen molar-refractivity contribution in [2.24, 2.45) is 0 Å². The zero-order valence-corrected chi connectivity index (χ0v) is 13.3. The van der Waals surface area contributed by atoms with Crippen molar-refractivity contribution in [1.29, 1.82) is 0 Å². The van der Waals surface area contributed by atoms with Crippen LogP contribution in [-0.2, 0) is 4.74 Å². The van der Waals surface area contributed by atoms with Gasteiger partial charge in [0.2, 0.25) is 0 Å². The van der Waals surface area contributed by atoms with Crippen LogP contribution in [0.15, 0.2) is 6.07 Å². The SMILES string of the molecule is CCNc1cc(N2CCOC3CCCC32)nc(C(C)C)n1. The predicted molar refractivity (Wildman–Crippen MR) is 85.0 cm³/mol. The van der Waals surface area contributed by atoms with Gasteiger partial charge in [-0.2, -0.15) is 0 Å². The topological polar surface area (TPSA) is 50.3 Å². The molecule has 2 heterocycles. The highest BCUT2D eigenvalue weighted by atomic mass is 16.5. The quantitative estimate of drug-likeness (QED) is 0.924. The summed E-state index contributed by atoms with van der Waals surface area (Å²) in [5.74, 6) is 3.25. The maximum atomic E-state index is 5.91. The molecule has 116 valence electrons. The number of morpholine rings is 1. The molecule has 2 unspecified atom stereocenters. The van der Waals surface area contributed by atoms with E-state index in [1.54, 1.807) is 0 Å². The number of hydrogen-bond donors (Lipinski definition) is 1. The normalized spacial score (nSPS) is 25.2. The van der Waals surface area contributed by atoms with Gasteiger partial charge in [0.15, 0.2) is 0 Å². The van der Waals surface area contributed by atoms with Gasteiger partial charge in [-0.1, -0.05) is 13.8 Å². The minimum atomic E-state index is 0.336. The molecule has 5 nitrogen and oxygen atoms in total. The van der Waals surface area contributed by atoms with E-state index in [0.717, 1.165) is 37.2 Å². The molecule has 5 heteroatoms. The van der Waals surface area contributed by atoms with Gasteiger partial charge in [0.05, 0.1) is 18.8 Å². The number of hydrogen-bond acceptors (Lipinski definition) is 5. The molecule has 0 bridgehead atoms. The van der Waals surface area contributed by atoms with Gasteiger partial charge in [-0.15, -0.1) is 0 Å². The van der Waals surface area contributed by atoms with E-state index >= 15 is 0 Å². The van der Waals surface area contributed by atoms with Crippen LogP contribution in [0.25, 0.3) is 0 Å². The van der Waals surface area contributed by atoms with Crippen molar-refractivity contribution in [3.05, 3.63) is 11.9 Å². The monoisotopic (exact) mass is 290 g/mol. The van der Waals surface area contributed by atoms with Crippen molar-refractivity contribution < 1.29 is 4.74 Å². The van der Waals surface area contributed by atoms with E-state index in [9.17, 15) is 0 Å². The highest BCUT2D eigenvalue weighted by Crippen LogP contribution is 2.33. The third-order valence-electron chi connectivity index (χ3n) is 4.38. The lowest BCUT2D eigenvalue weighted by molar-refractivity contribution is 0.0253. The van der Waals surface area contributed by atoms with Gasteiger partial charge in [-0.3, -0.25) is 0 Å². The van der Waals surface area contributed by atoms with Crippen LogP contribution in [0.1, 0.15) is 51.8 Å². The molecule has 1 saturated heterocycles. The van der Waals surface area contributed by atoms with E-state index in [-0.39, 0.29) is 0 Å².